The van der Waals surface area contributed by atoms with Crippen LogP contribution in [0.5, 0.6) is 0 Å². The average molecular weight is 307 g/mol. The lowest BCUT2D eigenvalue weighted by atomic mass is 10.2. The average Bonchev–Trinajstić information content (AvgIpc) is 2.97. The molecule has 1 amide bonds. The number of non-ortho nitro benzene ring substituents is 1. The molecule has 1 atom stereocenters. The molecule has 0 saturated carbocycles. The van der Waals surface area contributed by atoms with E-state index >= 15 is 0 Å². The fourth-order valence-electron chi connectivity index (χ4n) is 1.58. The number of aliphatic hydroxyl groups excluding tert-OH is 1. The van der Waals surface area contributed by atoms with Crippen molar-refractivity contribution in [3.8, 4) is 10.6 Å². The summed E-state index contributed by atoms with van der Waals surface area (Å²) in [5, 5.41) is 24.3. The van der Waals surface area contributed by atoms with Crippen LogP contribution in [0.1, 0.15) is 17.4 Å². The van der Waals surface area contributed by atoms with Crippen molar-refractivity contribution in [1.82, 2.24) is 10.3 Å². The number of nitrogens with zero attached hydrogens (tertiary/aromatic N) is 2. The molecule has 2 rings (SSSR count). The van der Waals surface area contributed by atoms with Gasteiger partial charge in [0.2, 0.25) is 0 Å². The minimum absolute atomic E-state index is 0.00467. The Bertz CT molecular complexity index is 654. The number of benzene rings is 1. The lowest BCUT2D eigenvalue weighted by Gasteiger charge is -2.08. The zero-order valence-electron chi connectivity index (χ0n) is 11.1. The number of nitro groups is 1. The van der Waals surface area contributed by atoms with Gasteiger partial charge < -0.3 is 10.4 Å². The highest BCUT2D eigenvalue weighted by Gasteiger charge is 2.14. The number of thiazole rings is 1. The molecule has 1 heterocycles. The number of rotatable bonds is 5. The maximum absolute atomic E-state index is 11.8. The number of carbonyl (C=O) groups excluding carboxylic acids is 1. The minimum Gasteiger partial charge on any atom is -0.394 e. The zero-order chi connectivity index (χ0) is 15.4. The highest BCUT2D eigenvalue weighted by atomic mass is 32.1. The van der Waals surface area contributed by atoms with Crippen LogP contribution >= 0.6 is 11.3 Å². The van der Waals surface area contributed by atoms with Gasteiger partial charge in [0.25, 0.3) is 11.6 Å². The fourth-order valence-corrected chi connectivity index (χ4v) is 2.39. The molecule has 2 N–H and O–H groups in total. The van der Waals surface area contributed by atoms with Crippen molar-refractivity contribution in [2.75, 3.05) is 6.61 Å². The Morgan fingerprint density at radius 1 is 1.48 bits per heavy atom. The molecule has 0 aliphatic heterocycles. The van der Waals surface area contributed by atoms with E-state index in [0.717, 1.165) is 0 Å². The van der Waals surface area contributed by atoms with E-state index in [1.165, 1.54) is 23.5 Å². The van der Waals surface area contributed by atoms with Gasteiger partial charge in [-0.2, -0.15) is 0 Å². The Hall–Kier alpha value is -2.32. The first-order valence-corrected chi connectivity index (χ1v) is 7.01. The van der Waals surface area contributed by atoms with Crippen molar-refractivity contribution in [1.29, 1.82) is 0 Å². The van der Waals surface area contributed by atoms with E-state index in [2.05, 4.69) is 10.3 Å². The first-order valence-electron chi connectivity index (χ1n) is 6.13. The third-order valence-corrected chi connectivity index (χ3v) is 3.60. The number of hydrogen-bond acceptors (Lipinski definition) is 6. The molecule has 0 aliphatic carbocycles. The van der Waals surface area contributed by atoms with E-state index in [4.69, 9.17) is 5.11 Å². The lowest BCUT2D eigenvalue weighted by molar-refractivity contribution is -0.384. The third-order valence-electron chi connectivity index (χ3n) is 2.71. The van der Waals surface area contributed by atoms with Crippen LogP contribution in [-0.4, -0.2) is 33.6 Å². The fraction of sp³-hybridized carbons (Fsp3) is 0.231. The minimum atomic E-state index is -0.471. The molecule has 0 bridgehead atoms. The Balaban J connectivity index is 2.15. The second kappa shape index (κ2) is 6.42. The largest absolute Gasteiger partial charge is 0.394 e. The molecule has 1 aromatic heterocycles. The summed E-state index contributed by atoms with van der Waals surface area (Å²) in [6.45, 7) is 1.53. The van der Waals surface area contributed by atoms with Gasteiger partial charge in [0.15, 0.2) is 0 Å². The van der Waals surface area contributed by atoms with E-state index in [1.807, 2.05) is 0 Å². The van der Waals surface area contributed by atoms with Gasteiger partial charge in [-0.3, -0.25) is 14.9 Å². The third kappa shape index (κ3) is 3.61. The molecular weight excluding hydrogens is 294 g/mol. The molecule has 1 aromatic carbocycles. The second-order valence-corrected chi connectivity index (χ2v) is 5.26. The van der Waals surface area contributed by atoms with Crippen LogP contribution in [0.15, 0.2) is 29.6 Å². The molecule has 0 spiro atoms. The van der Waals surface area contributed by atoms with Crippen molar-refractivity contribution >= 4 is 22.9 Å². The monoisotopic (exact) mass is 307 g/mol. The summed E-state index contributed by atoms with van der Waals surface area (Å²) >= 11 is 1.28. The number of carbonyl (C=O) groups is 1. The van der Waals surface area contributed by atoms with E-state index in [9.17, 15) is 14.9 Å². The van der Waals surface area contributed by atoms with Crippen molar-refractivity contribution in [3.63, 3.8) is 0 Å². The zero-order valence-corrected chi connectivity index (χ0v) is 12.0. The van der Waals surface area contributed by atoms with Crippen molar-refractivity contribution < 1.29 is 14.8 Å². The van der Waals surface area contributed by atoms with Crippen LogP contribution < -0.4 is 5.32 Å². The summed E-state index contributed by atoms with van der Waals surface area (Å²) in [7, 11) is 0. The van der Waals surface area contributed by atoms with Crippen LogP contribution in [0.2, 0.25) is 0 Å². The number of aliphatic hydroxyl groups is 1. The van der Waals surface area contributed by atoms with Gasteiger partial charge in [0.05, 0.1) is 11.5 Å². The van der Waals surface area contributed by atoms with Crippen molar-refractivity contribution in [3.05, 3.63) is 45.5 Å². The van der Waals surface area contributed by atoms with Gasteiger partial charge in [0, 0.05) is 29.1 Å². The predicted octanol–water partition coefficient (Wildman–Crippen LogP) is 1.83. The van der Waals surface area contributed by atoms with Crippen molar-refractivity contribution in [2.45, 2.75) is 13.0 Å². The smallest absolute Gasteiger partial charge is 0.271 e. The Kier molecular flexibility index (Phi) is 4.61. The summed E-state index contributed by atoms with van der Waals surface area (Å²) in [6.07, 6.45) is 0. The summed E-state index contributed by atoms with van der Waals surface area (Å²) in [5.74, 6) is -0.360. The number of aromatic nitrogens is 1. The Morgan fingerprint density at radius 3 is 2.71 bits per heavy atom. The molecule has 0 aliphatic rings. The molecular formula is C13H13N3O4S. The van der Waals surface area contributed by atoms with Crippen LogP contribution in [-0.2, 0) is 0 Å². The van der Waals surface area contributed by atoms with Crippen LogP contribution in [0.4, 0.5) is 5.69 Å². The number of nitrogens with one attached hydrogen (secondary N) is 1. The molecule has 0 fully saturated rings. The number of amides is 1. The van der Waals surface area contributed by atoms with E-state index in [0.29, 0.717) is 10.6 Å². The van der Waals surface area contributed by atoms with Gasteiger partial charge in [-0.1, -0.05) is 0 Å². The standard InChI is InChI=1S/C13H13N3O4S/c1-8(6-17)14-12(18)11-7-21-13(15-11)9-2-4-10(5-3-9)16(19)20/h2-5,7-8,17H,6H2,1H3,(H,14,18). The van der Waals surface area contributed by atoms with E-state index in [-0.39, 0.29) is 29.9 Å². The molecule has 7 nitrogen and oxygen atoms in total. The number of nitro benzene ring substituents is 1. The molecule has 0 radical (unpaired) electrons. The molecule has 1 unspecified atom stereocenters. The van der Waals surface area contributed by atoms with Crippen LogP contribution in [0.25, 0.3) is 10.6 Å². The molecule has 110 valence electrons. The highest BCUT2D eigenvalue weighted by molar-refractivity contribution is 7.13. The summed E-state index contributed by atoms with van der Waals surface area (Å²) in [6, 6.07) is 5.63. The first kappa shape index (κ1) is 15.1. The first-order chi connectivity index (χ1) is 10.0. The summed E-state index contributed by atoms with van der Waals surface area (Å²) < 4.78 is 0. The second-order valence-electron chi connectivity index (χ2n) is 4.40. The topological polar surface area (TPSA) is 105 Å². The van der Waals surface area contributed by atoms with E-state index < -0.39 is 4.92 Å². The van der Waals surface area contributed by atoms with Gasteiger partial charge in [0.1, 0.15) is 10.7 Å². The maximum atomic E-state index is 11.8. The quantitative estimate of drug-likeness (QED) is 0.647. The highest BCUT2D eigenvalue weighted by Crippen LogP contribution is 2.25. The normalized spacial score (nSPS) is 11.9. The van der Waals surface area contributed by atoms with Crippen LogP contribution in [0, 0.1) is 10.1 Å². The summed E-state index contributed by atoms with van der Waals surface area (Å²) in [4.78, 5) is 26.2. The SMILES string of the molecule is CC(CO)NC(=O)c1csc(-c2ccc([N+](=O)[O-])cc2)n1. The van der Waals surface area contributed by atoms with Gasteiger partial charge in [-0.05, 0) is 19.1 Å². The van der Waals surface area contributed by atoms with Crippen LogP contribution in [0.3, 0.4) is 0 Å². The lowest BCUT2D eigenvalue weighted by Crippen LogP contribution is -2.35. The Labute approximate surface area is 124 Å². The maximum Gasteiger partial charge on any atom is 0.271 e. The molecule has 8 heteroatoms. The molecule has 0 saturated heterocycles. The summed E-state index contributed by atoms with van der Waals surface area (Å²) in [5.41, 5.74) is 0.971. The molecule has 21 heavy (non-hydrogen) atoms. The number of hydrogen-bond donors (Lipinski definition) is 2. The Morgan fingerprint density at radius 2 is 2.14 bits per heavy atom. The van der Waals surface area contributed by atoms with Gasteiger partial charge in [-0.15, -0.1) is 11.3 Å². The van der Waals surface area contributed by atoms with Crippen molar-refractivity contribution in [2.24, 2.45) is 0 Å². The van der Waals surface area contributed by atoms with Gasteiger partial charge in [-0.25, -0.2) is 4.98 Å². The predicted molar refractivity (Wildman–Crippen MR) is 78.2 cm³/mol. The van der Waals surface area contributed by atoms with E-state index in [1.54, 1.807) is 24.4 Å². The van der Waals surface area contributed by atoms with Gasteiger partial charge >= 0.3 is 0 Å². The molecule has 2 aromatic rings.